The zero-order valence-electron chi connectivity index (χ0n) is 12.4. The lowest BCUT2D eigenvalue weighted by atomic mass is 10.1. The lowest BCUT2D eigenvalue weighted by Gasteiger charge is -2.16. The predicted molar refractivity (Wildman–Crippen MR) is 92.5 cm³/mol. The molecule has 0 amide bonds. The normalized spacial score (nSPS) is 12.2. The Morgan fingerprint density at radius 2 is 1.86 bits per heavy atom. The summed E-state index contributed by atoms with van der Waals surface area (Å²) in [5, 5.41) is 4.15. The third kappa shape index (κ3) is 4.22. The molecule has 0 saturated heterocycles. The van der Waals surface area contributed by atoms with E-state index in [0.29, 0.717) is 6.04 Å². The molecule has 21 heavy (non-hydrogen) atoms. The average molecular weight is 369 g/mol. The Kier molecular flexibility index (Phi) is 5.68. The fourth-order valence-electron chi connectivity index (χ4n) is 2.16. The molecule has 1 atom stereocenters. The van der Waals surface area contributed by atoms with Crippen LogP contribution in [0.5, 0.6) is 11.5 Å². The zero-order valence-corrected chi connectivity index (χ0v) is 14.8. The fraction of sp³-hybridized carbons (Fsp3) is 0.294. The van der Waals surface area contributed by atoms with Gasteiger partial charge in [-0.15, -0.1) is 0 Å². The molecule has 1 unspecified atom stereocenters. The minimum absolute atomic E-state index is 0.302. The molecule has 0 fully saturated rings. The number of nitrogens with one attached hydrogen (secondary N) is 1. The van der Waals surface area contributed by atoms with Crippen LogP contribution in [0.1, 0.15) is 31.0 Å². The Labute approximate surface area is 139 Å². The summed E-state index contributed by atoms with van der Waals surface area (Å²) in [4.78, 5) is 0. The summed E-state index contributed by atoms with van der Waals surface area (Å²) in [7, 11) is 0. The van der Waals surface area contributed by atoms with Gasteiger partial charge in [-0.2, -0.15) is 0 Å². The lowest BCUT2D eigenvalue weighted by molar-refractivity contribution is 0.481. The first-order chi connectivity index (χ1) is 10.0. The zero-order chi connectivity index (χ0) is 15.4. The molecule has 0 spiro atoms. The molecular formula is C17H19BrClNO. The molecule has 2 aromatic rings. The summed E-state index contributed by atoms with van der Waals surface area (Å²) in [6, 6.07) is 12.0. The van der Waals surface area contributed by atoms with Crippen LogP contribution in [-0.4, -0.2) is 6.54 Å². The number of hydrogen-bond acceptors (Lipinski definition) is 2. The third-order valence-electron chi connectivity index (χ3n) is 3.31. The lowest BCUT2D eigenvalue weighted by Crippen LogP contribution is -2.17. The molecule has 112 valence electrons. The molecule has 1 N–H and O–H groups in total. The van der Waals surface area contributed by atoms with Crippen molar-refractivity contribution < 1.29 is 4.74 Å². The molecule has 2 aromatic carbocycles. The maximum absolute atomic E-state index is 6.02. The van der Waals surface area contributed by atoms with Crippen LogP contribution >= 0.6 is 27.5 Å². The van der Waals surface area contributed by atoms with Gasteiger partial charge in [-0.3, -0.25) is 0 Å². The Hall–Kier alpha value is -1.03. The van der Waals surface area contributed by atoms with Crippen molar-refractivity contribution in [1.82, 2.24) is 5.32 Å². The minimum Gasteiger partial charge on any atom is -0.457 e. The summed E-state index contributed by atoms with van der Waals surface area (Å²) in [5.74, 6) is 1.59. The van der Waals surface area contributed by atoms with Crippen LogP contribution in [0.15, 0.2) is 40.9 Å². The van der Waals surface area contributed by atoms with Gasteiger partial charge in [-0.1, -0.05) is 40.5 Å². The van der Waals surface area contributed by atoms with E-state index in [-0.39, 0.29) is 0 Å². The van der Waals surface area contributed by atoms with Crippen LogP contribution in [0, 0.1) is 6.92 Å². The second-order valence-electron chi connectivity index (χ2n) is 4.98. The summed E-state index contributed by atoms with van der Waals surface area (Å²) in [5.41, 5.74) is 2.22. The van der Waals surface area contributed by atoms with Gasteiger partial charge in [0.05, 0.1) is 0 Å². The van der Waals surface area contributed by atoms with E-state index in [4.69, 9.17) is 16.3 Å². The van der Waals surface area contributed by atoms with Gasteiger partial charge < -0.3 is 10.1 Å². The van der Waals surface area contributed by atoms with E-state index in [1.54, 1.807) is 0 Å². The highest BCUT2D eigenvalue weighted by Gasteiger charge is 2.09. The molecule has 2 rings (SSSR count). The Morgan fingerprint density at radius 3 is 2.48 bits per heavy atom. The van der Waals surface area contributed by atoms with Crippen molar-refractivity contribution in [2.24, 2.45) is 0 Å². The van der Waals surface area contributed by atoms with Crippen LogP contribution in [0.2, 0.25) is 5.02 Å². The van der Waals surface area contributed by atoms with Gasteiger partial charge >= 0.3 is 0 Å². The smallest absolute Gasteiger partial charge is 0.128 e. The molecule has 2 nitrogen and oxygen atoms in total. The van der Waals surface area contributed by atoms with Crippen LogP contribution in [0.4, 0.5) is 0 Å². The highest BCUT2D eigenvalue weighted by atomic mass is 79.9. The molecule has 0 aliphatic rings. The summed E-state index contributed by atoms with van der Waals surface area (Å²) >= 11 is 9.64. The highest BCUT2D eigenvalue weighted by Crippen LogP contribution is 2.31. The maximum Gasteiger partial charge on any atom is 0.128 e. The molecule has 0 aliphatic heterocycles. The molecule has 4 heteroatoms. The first-order valence-corrected chi connectivity index (χ1v) is 8.15. The van der Waals surface area contributed by atoms with Crippen molar-refractivity contribution >= 4 is 27.5 Å². The first-order valence-electron chi connectivity index (χ1n) is 6.98. The van der Waals surface area contributed by atoms with Crippen molar-refractivity contribution in [3.8, 4) is 11.5 Å². The number of halogens is 2. The third-order valence-corrected chi connectivity index (χ3v) is 4.42. The van der Waals surface area contributed by atoms with Gasteiger partial charge in [0, 0.05) is 15.5 Å². The van der Waals surface area contributed by atoms with Crippen molar-refractivity contribution in [2.75, 3.05) is 6.54 Å². The highest BCUT2D eigenvalue weighted by molar-refractivity contribution is 9.10. The SMILES string of the molecule is CCNC(C)c1ccc(Oc2ccc(Cl)c(C)c2)cc1Br. The summed E-state index contributed by atoms with van der Waals surface area (Å²) in [6.45, 7) is 7.15. The second-order valence-corrected chi connectivity index (χ2v) is 6.24. The van der Waals surface area contributed by atoms with E-state index in [2.05, 4.69) is 41.2 Å². The van der Waals surface area contributed by atoms with Gasteiger partial charge in [0.25, 0.3) is 0 Å². The molecule has 0 saturated carbocycles. The maximum atomic E-state index is 6.02. The minimum atomic E-state index is 0.302. The number of aryl methyl sites for hydroxylation is 1. The molecule has 0 bridgehead atoms. The number of ether oxygens (including phenoxy) is 1. The molecule has 0 aromatic heterocycles. The van der Waals surface area contributed by atoms with E-state index in [0.717, 1.165) is 33.1 Å². The van der Waals surface area contributed by atoms with E-state index in [1.807, 2.05) is 37.3 Å². The van der Waals surface area contributed by atoms with Crippen molar-refractivity contribution in [3.05, 3.63) is 57.0 Å². The van der Waals surface area contributed by atoms with Gasteiger partial charge in [0.2, 0.25) is 0 Å². The largest absolute Gasteiger partial charge is 0.457 e. The van der Waals surface area contributed by atoms with E-state index in [1.165, 1.54) is 5.56 Å². The topological polar surface area (TPSA) is 21.3 Å². The van der Waals surface area contributed by atoms with Gasteiger partial charge in [-0.25, -0.2) is 0 Å². The second kappa shape index (κ2) is 7.30. The quantitative estimate of drug-likeness (QED) is 0.712. The fourth-order valence-corrected chi connectivity index (χ4v) is 2.97. The van der Waals surface area contributed by atoms with Crippen LogP contribution in [0.3, 0.4) is 0 Å². The van der Waals surface area contributed by atoms with Crippen LogP contribution in [-0.2, 0) is 0 Å². The number of rotatable bonds is 5. The molecule has 0 radical (unpaired) electrons. The first kappa shape index (κ1) is 16.3. The van der Waals surface area contributed by atoms with Gasteiger partial charge in [0.15, 0.2) is 0 Å². The Balaban J connectivity index is 2.18. The van der Waals surface area contributed by atoms with E-state index < -0.39 is 0 Å². The monoisotopic (exact) mass is 367 g/mol. The van der Waals surface area contributed by atoms with E-state index >= 15 is 0 Å². The van der Waals surface area contributed by atoms with Crippen LogP contribution in [0.25, 0.3) is 0 Å². The molecule has 0 heterocycles. The standard InChI is InChI=1S/C17H19BrClNO/c1-4-20-12(3)15-7-5-14(10-16(15)18)21-13-6-8-17(19)11(2)9-13/h5-10,12,20H,4H2,1-3H3. The van der Waals surface area contributed by atoms with Crippen LogP contribution < -0.4 is 10.1 Å². The van der Waals surface area contributed by atoms with Crippen molar-refractivity contribution in [3.63, 3.8) is 0 Å². The van der Waals surface area contributed by atoms with Crippen molar-refractivity contribution in [1.29, 1.82) is 0 Å². The van der Waals surface area contributed by atoms with E-state index in [9.17, 15) is 0 Å². The Morgan fingerprint density at radius 1 is 1.19 bits per heavy atom. The Bertz CT molecular complexity index is 630. The van der Waals surface area contributed by atoms with Gasteiger partial charge in [-0.05, 0) is 61.9 Å². The molecule has 0 aliphatic carbocycles. The summed E-state index contributed by atoms with van der Waals surface area (Å²) in [6.07, 6.45) is 0. The average Bonchev–Trinajstić information content (AvgIpc) is 2.43. The molecular weight excluding hydrogens is 350 g/mol. The number of hydrogen-bond donors (Lipinski definition) is 1. The number of benzene rings is 2. The predicted octanol–water partition coefficient (Wildman–Crippen LogP) is 5.87. The van der Waals surface area contributed by atoms with Crippen molar-refractivity contribution in [2.45, 2.75) is 26.8 Å². The van der Waals surface area contributed by atoms with Gasteiger partial charge in [0.1, 0.15) is 11.5 Å². The summed E-state index contributed by atoms with van der Waals surface area (Å²) < 4.78 is 6.92.